The summed E-state index contributed by atoms with van der Waals surface area (Å²) in [6.45, 7) is 1.81. The Morgan fingerprint density at radius 1 is 1.13 bits per heavy atom. The lowest BCUT2D eigenvalue weighted by atomic mass is 10.1. The van der Waals surface area contributed by atoms with E-state index in [1.54, 1.807) is 42.5 Å². The normalized spacial score (nSPS) is 10.3. The summed E-state index contributed by atoms with van der Waals surface area (Å²) in [6, 6.07) is 15.1. The highest BCUT2D eigenvalue weighted by molar-refractivity contribution is 6.06. The largest absolute Gasteiger partial charge is 0.358 e. The summed E-state index contributed by atoms with van der Waals surface area (Å²) in [5.74, 6) is -0.309. The number of anilines is 1. The zero-order chi connectivity index (χ0) is 16.4. The molecule has 0 atom stereocenters. The molecular weight excluding hydrogens is 290 g/mol. The van der Waals surface area contributed by atoms with Gasteiger partial charge in [-0.2, -0.15) is 5.26 Å². The Labute approximate surface area is 132 Å². The Hall–Kier alpha value is -3.39. The maximum Gasteiger partial charge on any atom is 0.255 e. The van der Waals surface area contributed by atoms with E-state index in [4.69, 9.17) is 5.26 Å². The van der Waals surface area contributed by atoms with Crippen molar-refractivity contribution in [2.45, 2.75) is 6.92 Å². The molecule has 0 aliphatic carbocycles. The van der Waals surface area contributed by atoms with Crippen LogP contribution in [0.15, 0.2) is 53.3 Å². The van der Waals surface area contributed by atoms with Crippen LogP contribution in [0.2, 0.25) is 0 Å². The number of fused-ring (bicyclic) bond motifs is 1. The Balaban J connectivity index is 1.91. The molecule has 3 aromatic rings. The molecule has 112 valence electrons. The van der Waals surface area contributed by atoms with Crippen molar-refractivity contribution in [3.63, 3.8) is 0 Å². The van der Waals surface area contributed by atoms with Crippen molar-refractivity contribution in [3.8, 4) is 6.07 Å². The fourth-order valence-corrected chi connectivity index (χ4v) is 2.35. The van der Waals surface area contributed by atoms with Crippen LogP contribution in [0.4, 0.5) is 5.69 Å². The smallest absolute Gasteiger partial charge is 0.255 e. The fraction of sp³-hybridized carbons (Fsp3) is 0.0556. The second-order valence-corrected chi connectivity index (χ2v) is 5.22. The van der Waals surface area contributed by atoms with E-state index in [1.165, 1.54) is 6.07 Å². The van der Waals surface area contributed by atoms with Crippen LogP contribution in [0.3, 0.4) is 0 Å². The first-order valence-electron chi connectivity index (χ1n) is 7.02. The molecule has 0 unspecified atom stereocenters. The van der Waals surface area contributed by atoms with E-state index >= 15 is 0 Å². The molecule has 0 bridgehead atoms. The third-order valence-electron chi connectivity index (χ3n) is 3.50. The van der Waals surface area contributed by atoms with Crippen LogP contribution < -0.4 is 10.7 Å². The molecule has 1 amide bonds. The minimum absolute atomic E-state index is 0.121. The number of benzene rings is 2. The molecule has 1 aromatic heterocycles. The standard InChI is InChI=1S/C18H13N3O2/c1-11-8-17(22)15-9-13(4-7-16(15)20-11)18(23)21-14-5-2-12(10-19)3-6-14/h2-9H,1H3,(H,20,22)(H,21,23). The molecule has 5 nitrogen and oxygen atoms in total. The van der Waals surface area contributed by atoms with E-state index < -0.39 is 0 Å². The first-order valence-corrected chi connectivity index (χ1v) is 7.02. The molecule has 0 saturated carbocycles. The summed E-state index contributed by atoms with van der Waals surface area (Å²) < 4.78 is 0. The predicted molar refractivity (Wildman–Crippen MR) is 88.4 cm³/mol. The highest BCUT2D eigenvalue weighted by atomic mass is 16.1. The summed E-state index contributed by atoms with van der Waals surface area (Å²) >= 11 is 0. The van der Waals surface area contributed by atoms with Crippen LogP contribution in [-0.4, -0.2) is 10.9 Å². The number of hydrogen-bond acceptors (Lipinski definition) is 3. The van der Waals surface area contributed by atoms with Gasteiger partial charge in [-0.05, 0) is 49.4 Å². The van der Waals surface area contributed by atoms with Crippen molar-refractivity contribution in [2.24, 2.45) is 0 Å². The minimum atomic E-state index is -0.309. The Bertz CT molecular complexity index is 995. The zero-order valence-corrected chi connectivity index (χ0v) is 12.4. The molecular formula is C18H13N3O2. The molecule has 0 radical (unpaired) electrons. The topological polar surface area (TPSA) is 85.8 Å². The number of amides is 1. The van der Waals surface area contributed by atoms with E-state index in [9.17, 15) is 9.59 Å². The average Bonchev–Trinajstić information content (AvgIpc) is 2.55. The molecule has 23 heavy (non-hydrogen) atoms. The van der Waals surface area contributed by atoms with Crippen molar-refractivity contribution in [1.82, 2.24) is 4.98 Å². The number of H-pyrrole nitrogens is 1. The molecule has 0 saturated heterocycles. The quantitative estimate of drug-likeness (QED) is 0.763. The number of carbonyl (C=O) groups excluding carboxylic acids is 1. The van der Waals surface area contributed by atoms with Gasteiger partial charge >= 0.3 is 0 Å². The Morgan fingerprint density at radius 2 is 1.87 bits per heavy atom. The van der Waals surface area contributed by atoms with Crippen LogP contribution >= 0.6 is 0 Å². The molecule has 5 heteroatoms. The van der Waals surface area contributed by atoms with Gasteiger partial charge in [-0.3, -0.25) is 9.59 Å². The van der Waals surface area contributed by atoms with Crippen LogP contribution in [-0.2, 0) is 0 Å². The van der Waals surface area contributed by atoms with Crippen LogP contribution in [0.1, 0.15) is 21.6 Å². The monoisotopic (exact) mass is 303 g/mol. The average molecular weight is 303 g/mol. The van der Waals surface area contributed by atoms with Crippen LogP contribution in [0.5, 0.6) is 0 Å². The Morgan fingerprint density at radius 3 is 2.57 bits per heavy atom. The highest BCUT2D eigenvalue weighted by Gasteiger charge is 2.09. The molecule has 3 rings (SSSR count). The van der Waals surface area contributed by atoms with Crippen molar-refractivity contribution in [3.05, 3.63) is 75.6 Å². The maximum atomic E-state index is 12.3. The second-order valence-electron chi connectivity index (χ2n) is 5.22. The third kappa shape index (κ3) is 2.97. The molecule has 0 aliphatic rings. The number of nitrogens with zero attached hydrogens (tertiary/aromatic N) is 1. The van der Waals surface area contributed by atoms with Gasteiger partial charge in [-0.15, -0.1) is 0 Å². The van der Waals surface area contributed by atoms with Gasteiger partial charge in [0.15, 0.2) is 5.43 Å². The fourth-order valence-electron chi connectivity index (χ4n) is 2.35. The summed E-state index contributed by atoms with van der Waals surface area (Å²) in [6.07, 6.45) is 0. The Kier molecular flexibility index (Phi) is 3.65. The van der Waals surface area contributed by atoms with Crippen molar-refractivity contribution >= 4 is 22.5 Å². The van der Waals surface area contributed by atoms with Crippen LogP contribution in [0.25, 0.3) is 10.9 Å². The van der Waals surface area contributed by atoms with E-state index in [0.29, 0.717) is 27.7 Å². The zero-order valence-electron chi connectivity index (χ0n) is 12.4. The van der Waals surface area contributed by atoms with E-state index in [-0.39, 0.29) is 11.3 Å². The summed E-state index contributed by atoms with van der Waals surface area (Å²) in [7, 11) is 0. The van der Waals surface area contributed by atoms with Crippen molar-refractivity contribution in [1.29, 1.82) is 5.26 Å². The van der Waals surface area contributed by atoms with Gasteiger partial charge < -0.3 is 10.3 Å². The van der Waals surface area contributed by atoms with Gasteiger partial charge in [0.05, 0.1) is 11.6 Å². The van der Waals surface area contributed by atoms with Gasteiger partial charge in [0.2, 0.25) is 0 Å². The number of aryl methyl sites for hydroxylation is 1. The number of rotatable bonds is 2. The number of aromatic nitrogens is 1. The number of aromatic amines is 1. The molecule has 1 heterocycles. The lowest BCUT2D eigenvalue weighted by Crippen LogP contribution is -2.13. The number of hydrogen-bond donors (Lipinski definition) is 2. The lowest BCUT2D eigenvalue weighted by molar-refractivity contribution is 0.102. The lowest BCUT2D eigenvalue weighted by Gasteiger charge is -2.07. The van der Waals surface area contributed by atoms with E-state index in [0.717, 1.165) is 5.69 Å². The first-order chi connectivity index (χ1) is 11.1. The maximum absolute atomic E-state index is 12.3. The minimum Gasteiger partial charge on any atom is -0.358 e. The predicted octanol–water partition coefficient (Wildman–Crippen LogP) is 2.96. The van der Waals surface area contributed by atoms with Crippen molar-refractivity contribution in [2.75, 3.05) is 5.32 Å². The molecule has 0 spiro atoms. The highest BCUT2D eigenvalue weighted by Crippen LogP contribution is 2.14. The molecule has 0 fully saturated rings. The second kappa shape index (κ2) is 5.78. The van der Waals surface area contributed by atoms with E-state index in [1.807, 2.05) is 13.0 Å². The summed E-state index contributed by atoms with van der Waals surface area (Å²) in [5.41, 5.74) is 2.87. The first kappa shape index (κ1) is 14.5. The third-order valence-corrected chi connectivity index (χ3v) is 3.50. The van der Waals surface area contributed by atoms with Gasteiger partial charge in [0.25, 0.3) is 5.91 Å². The van der Waals surface area contributed by atoms with Crippen molar-refractivity contribution < 1.29 is 4.79 Å². The van der Waals surface area contributed by atoms with E-state index in [2.05, 4.69) is 10.3 Å². The number of nitrogens with one attached hydrogen (secondary N) is 2. The number of nitriles is 1. The summed E-state index contributed by atoms with van der Waals surface area (Å²) in [4.78, 5) is 27.4. The SMILES string of the molecule is Cc1cc(=O)c2cc(C(=O)Nc3ccc(C#N)cc3)ccc2[nH]1. The molecule has 2 aromatic carbocycles. The number of pyridine rings is 1. The molecule has 0 aliphatic heterocycles. The van der Waals surface area contributed by atoms with Gasteiger partial charge in [0.1, 0.15) is 0 Å². The number of carbonyl (C=O) groups is 1. The van der Waals surface area contributed by atoms with Crippen LogP contribution in [0, 0.1) is 18.3 Å². The van der Waals surface area contributed by atoms with Gasteiger partial charge in [-0.25, -0.2) is 0 Å². The van der Waals surface area contributed by atoms with Gasteiger partial charge in [0, 0.05) is 33.9 Å². The van der Waals surface area contributed by atoms with Gasteiger partial charge in [-0.1, -0.05) is 0 Å². The summed E-state index contributed by atoms with van der Waals surface area (Å²) in [5, 5.41) is 12.0. The molecule has 2 N–H and O–H groups in total.